The predicted octanol–water partition coefficient (Wildman–Crippen LogP) is 5.42. The highest BCUT2D eigenvalue weighted by molar-refractivity contribution is 7.16. The second kappa shape index (κ2) is 6.25. The van der Waals surface area contributed by atoms with E-state index in [4.69, 9.17) is 23.2 Å². The van der Waals surface area contributed by atoms with Crippen LogP contribution in [0.3, 0.4) is 0 Å². The molecule has 2 aromatic rings. The highest BCUT2D eigenvalue weighted by Gasteiger charge is 2.33. The highest BCUT2D eigenvalue weighted by Crippen LogP contribution is 2.43. The lowest BCUT2D eigenvalue weighted by Gasteiger charge is -2.27. The Balaban J connectivity index is 1.68. The Morgan fingerprint density at radius 2 is 2.12 bits per heavy atom. The average molecular weight is 381 g/mol. The van der Waals surface area contributed by atoms with Crippen LogP contribution in [0.25, 0.3) is 0 Å². The first-order chi connectivity index (χ1) is 11.6. The Morgan fingerprint density at radius 3 is 2.88 bits per heavy atom. The van der Waals surface area contributed by atoms with Crippen LogP contribution in [-0.2, 0) is 12.8 Å². The number of halogens is 2. The first kappa shape index (κ1) is 16.2. The minimum absolute atomic E-state index is 0.00721. The molecule has 0 saturated carbocycles. The molecule has 6 heteroatoms. The van der Waals surface area contributed by atoms with Crippen molar-refractivity contribution in [2.45, 2.75) is 38.8 Å². The maximum Gasteiger partial charge on any atom is 0.256 e. The second-order valence-corrected chi connectivity index (χ2v) is 8.39. The van der Waals surface area contributed by atoms with Gasteiger partial charge in [-0.25, -0.2) is 0 Å². The van der Waals surface area contributed by atoms with Gasteiger partial charge in [-0.05, 0) is 42.9 Å². The maximum atomic E-state index is 12.7. The molecule has 0 unspecified atom stereocenters. The van der Waals surface area contributed by atoms with Gasteiger partial charge in [-0.15, -0.1) is 11.3 Å². The van der Waals surface area contributed by atoms with Crippen LogP contribution < -0.4 is 10.6 Å². The second-order valence-electron chi connectivity index (χ2n) is 6.44. The lowest BCUT2D eigenvalue weighted by Crippen LogP contribution is -2.38. The number of carbonyl (C=O) groups excluding carboxylic acids is 1. The van der Waals surface area contributed by atoms with Gasteiger partial charge in [-0.3, -0.25) is 4.79 Å². The van der Waals surface area contributed by atoms with Gasteiger partial charge in [0.2, 0.25) is 0 Å². The lowest BCUT2D eigenvalue weighted by molar-refractivity contribution is 0.0935. The van der Waals surface area contributed by atoms with Gasteiger partial charge in [-0.2, -0.15) is 0 Å². The van der Waals surface area contributed by atoms with Crippen molar-refractivity contribution >= 4 is 45.4 Å². The fourth-order valence-corrected chi connectivity index (χ4v) is 5.51. The predicted molar refractivity (Wildman–Crippen MR) is 100 cm³/mol. The lowest BCUT2D eigenvalue weighted by atomic mass is 9.85. The number of hydrogen-bond donors (Lipinski definition) is 2. The van der Waals surface area contributed by atoms with Gasteiger partial charge in [0.25, 0.3) is 5.91 Å². The van der Waals surface area contributed by atoms with Crippen LogP contribution in [0.15, 0.2) is 18.2 Å². The third-order valence-corrected chi connectivity index (χ3v) is 6.74. The Hall–Kier alpha value is -1.23. The molecule has 3 nitrogen and oxygen atoms in total. The summed E-state index contributed by atoms with van der Waals surface area (Å²) in [5.41, 5.74) is 2.91. The summed E-state index contributed by atoms with van der Waals surface area (Å²) in [7, 11) is 0. The molecule has 126 valence electrons. The van der Waals surface area contributed by atoms with Crippen molar-refractivity contribution in [2.24, 2.45) is 5.92 Å². The summed E-state index contributed by atoms with van der Waals surface area (Å²) in [6.07, 6.45) is 4.14. The third-order valence-electron chi connectivity index (χ3n) is 5.00. The van der Waals surface area contributed by atoms with E-state index in [9.17, 15) is 4.79 Å². The fourth-order valence-electron chi connectivity index (χ4n) is 3.61. The summed E-state index contributed by atoms with van der Waals surface area (Å²) in [4.78, 5) is 14.1. The number of thiophene rings is 1. The molecule has 2 heterocycles. The van der Waals surface area contributed by atoms with Gasteiger partial charge < -0.3 is 10.6 Å². The summed E-state index contributed by atoms with van der Waals surface area (Å²) in [6.45, 7) is 2.24. The minimum atomic E-state index is -0.322. The summed E-state index contributed by atoms with van der Waals surface area (Å²) in [6, 6.07) is 5.35. The molecule has 1 aromatic heterocycles. The topological polar surface area (TPSA) is 41.1 Å². The van der Waals surface area contributed by atoms with E-state index in [1.807, 2.05) is 6.07 Å². The standard InChI is InChI=1S/C18H18Cl2N2OS/c1-2-9-3-5-12-14(7-9)24-18-15(12)17(23)21-16(22-18)11-6-4-10(19)8-13(11)20/h4,6,8-9,16,22H,2-3,5,7H2,1H3,(H,21,23)/t9-,16-/m0/s1. The van der Waals surface area contributed by atoms with Crippen LogP contribution in [-0.4, -0.2) is 5.91 Å². The van der Waals surface area contributed by atoms with E-state index in [2.05, 4.69) is 17.6 Å². The molecule has 0 bridgehead atoms. The van der Waals surface area contributed by atoms with Crippen LogP contribution in [0.2, 0.25) is 10.0 Å². The van der Waals surface area contributed by atoms with Crippen LogP contribution >= 0.6 is 34.5 Å². The molecule has 1 aliphatic heterocycles. The fraction of sp³-hybridized carbons (Fsp3) is 0.389. The molecule has 0 saturated heterocycles. The maximum absolute atomic E-state index is 12.7. The average Bonchev–Trinajstić information content (AvgIpc) is 2.92. The van der Waals surface area contributed by atoms with E-state index < -0.39 is 0 Å². The number of fused-ring (bicyclic) bond motifs is 3. The van der Waals surface area contributed by atoms with E-state index in [-0.39, 0.29) is 12.1 Å². The quantitative estimate of drug-likeness (QED) is 0.729. The summed E-state index contributed by atoms with van der Waals surface area (Å²) in [5.74, 6) is 0.731. The molecule has 0 spiro atoms. The van der Waals surface area contributed by atoms with Crippen molar-refractivity contribution in [3.05, 3.63) is 49.8 Å². The van der Waals surface area contributed by atoms with Gasteiger partial charge in [0.15, 0.2) is 0 Å². The Labute approximate surface area is 155 Å². The first-order valence-corrected chi connectivity index (χ1v) is 9.81. The summed E-state index contributed by atoms with van der Waals surface area (Å²) >= 11 is 14.0. The van der Waals surface area contributed by atoms with Crippen molar-refractivity contribution in [2.75, 3.05) is 5.32 Å². The zero-order valence-electron chi connectivity index (χ0n) is 13.3. The Kier molecular flexibility index (Phi) is 4.23. The number of rotatable bonds is 2. The molecule has 2 aliphatic rings. The van der Waals surface area contributed by atoms with Crippen molar-refractivity contribution in [3.8, 4) is 0 Å². The summed E-state index contributed by atoms with van der Waals surface area (Å²) < 4.78 is 0. The minimum Gasteiger partial charge on any atom is -0.353 e. The van der Waals surface area contributed by atoms with E-state index in [0.717, 1.165) is 34.9 Å². The van der Waals surface area contributed by atoms with Crippen molar-refractivity contribution in [3.63, 3.8) is 0 Å². The number of nitrogens with one attached hydrogen (secondary N) is 2. The molecular formula is C18H18Cl2N2OS. The summed E-state index contributed by atoms with van der Waals surface area (Å²) in [5, 5.41) is 8.60. The Morgan fingerprint density at radius 1 is 1.29 bits per heavy atom. The van der Waals surface area contributed by atoms with Gasteiger partial charge >= 0.3 is 0 Å². The largest absolute Gasteiger partial charge is 0.353 e. The van der Waals surface area contributed by atoms with Crippen molar-refractivity contribution in [1.82, 2.24) is 5.32 Å². The molecule has 24 heavy (non-hydrogen) atoms. The molecule has 1 aliphatic carbocycles. The zero-order chi connectivity index (χ0) is 16.8. The van der Waals surface area contributed by atoms with Gasteiger partial charge in [0.05, 0.1) is 5.56 Å². The van der Waals surface area contributed by atoms with Gasteiger partial charge in [-0.1, -0.05) is 42.6 Å². The number of anilines is 1. The molecule has 4 rings (SSSR count). The number of benzene rings is 1. The Bertz CT molecular complexity index is 818. The van der Waals surface area contributed by atoms with E-state index in [1.165, 1.54) is 23.3 Å². The van der Waals surface area contributed by atoms with E-state index in [1.54, 1.807) is 23.5 Å². The molecule has 1 amide bonds. The van der Waals surface area contributed by atoms with Crippen molar-refractivity contribution in [1.29, 1.82) is 0 Å². The number of amides is 1. The SMILES string of the molecule is CC[C@H]1CCc2c(sc3c2C(=O)N[C@H](c2ccc(Cl)cc2Cl)N3)C1. The van der Waals surface area contributed by atoms with Gasteiger partial charge in [0, 0.05) is 20.5 Å². The normalized spacial score (nSPS) is 22.4. The van der Waals surface area contributed by atoms with Gasteiger partial charge in [0.1, 0.15) is 11.2 Å². The monoisotopic (exact) mass is 380 g/mol. The van der Waals surface area contributed by atoms with Crippen LogP contribution in [0.1, 0.15) is 52.3 Å². The molecule has 2 atom stereocenters. The highest BCUT2D eigenvalue weighted by atomic mass is 35.5. The third kappa shape index (κ3) is 2.71. The molecule has 0 radical (unpaired) electrons. The smallest absolute Gasteiger partial charge is 0.256 e. The molecule has 1 aromatic carbocycles. The number of carbonyl (C=O) groups is 1. The molecular weight excluding hydrogens is 363 g/mol. The number of hydrogen-bond acceptors (Lipinski definition) is 3. The zero-order valence-corrected chi connectivity index (χ0v) is 15.6. The van der Waals surface area contributed by atoms with Crippen LogP contribution in [0.5, 0.6) is 0 Å². The van der Waals surface area contributed by atoms with Crippen molar-refractivity contribution < 1.29 is 4.79 Å². The van der Waals surface area contributed by atoms with E-state index >= 15 is 0 Å². The van der Waals surface area contributed by atoms with Crippen LogP contribution in [0, 0.1) is 5.92 Å². The van der Waals surface area contributed by atoms with E-state index in [0.29, 0.717) is 10.0 Å². The van der Waals surface area contributed by atoms with Crippen LogP contribution in [0.4, 0.5) is 5.00 Å². The molecule has 2 N–H and O–H groups in total. The first-order valence-electron chi connectivity index (χ1n) is 8.23. The molecule has 0 fully saturated rings.